The Bertz CT molecular complexity index is 102. The minimum atomic E-state index is -0.0174. The molecule has 0 atom stereocenters. The molecule has 1 rings (SSSR count). The fourth-order valence-electron chi connectivity index (χ4n) is 1.64. The van der Waals surface area contributed by atoms with Crippen molar-refractivity contribution < 1.29 is 2.85 Å². The molecule has 0 aromatic carbocycles. The fraction of sp³-hybridized carbons (Fsp3) is 1.00. The highest BCUT2D eigenvalue weighted by atomic mass is 14.8. The second-order valence-corrected chi connectivity index (χ2v) is 3.48. The van der Waals surface area contributed by atoms with Crippen LogP contribution in [0.3, 0.4) is 0 Å². The van der Waals surface area contributed by atoms with Crippen molar-refractivity contribution in [2.75, 3.05) is 6.54 Å². The molecule has 12 heavy (non-hydrogen) atoms. The molecule has 0 heterocycles. The largest absolute Gasteiger partial charge is 0.329 e. The van der Waals surface area contributed by atoms with E-state index in [1.807, 2.05) is 13.8 Å². The van der Waals surface area contributed by atoms with Gasteiger partial charge in [0.25, 0.3) is 0 Å². The van der Waals surface area contributed by atoms with Crippen LogP contribution in [0.4, 0.5) is 0 Å². The lowest BCUT2D eigenvalue weighted by atomic mass is 9.92. The lowest BCUT2D eigenvalue weighted by molar-refractivity contribution is 0.382. The summed E-state index contributed by atoms with van der Waals surface area (Å²) in [6, 6.07) is 0. The second kappa shape index (κ2) is 6.44. The van der Waals surface area contributed by atoms with E-state index in [9.17, 15) is 0 Å². The molecule has 4 N–H and O–H groups in total. The van der Waals surface area contributed by atoms with Crippen molar-refractivity contribution in [3.8, 4) is 0 Å². The molecule has 1 aliphatic carbocycles. The maximum Gasteiger partial charge on any atom is 0.0278 e. The zero-order valence-corrected chi connectivity index (χ0v) is 8.60. The average Bonchev–Trinajstić information content (AvgIpc) is 2.35. The Balaban J connectivity index is -0.000000284. The number of hydrogen-bond acceptors (Lipinski definition) is 2. The van der Waals surface area contributed by atoms with Crippen molar-refractivity contribution in [3.05, 3.63) is 0 Å². The lowest BCUT2D eigenvalue weighted by Crippen LogP contribution is -2.46. The SMILES string of the molecule is CC.NCC1(N)CCCCCC1.[HH].[HH]. The van der Waals surface area contributed by atoms with E-state index in [0.29, 0.717) is 6.54 Å². The summed E-state index contributed by atoms with van der Waals surface area (Å²) >= 11 is 0. The minimum Gasteiger partial charge on any atom is -0.329 e. The Morgan fingerprint density at radius 1 is 1.08 bits per heavy atom. The third kappa shape index (κ3) is 4.07. The van der Waals surface area contributed by atoms with Crippen LogP contribution in [0, 0.1) is 0 Å². The van der Waals surface area contributed by atoms with E-state index < -0.39 is 0 Å². The molecule has 0 amide bonds. The van der Waals surface area contributed by atoms with Gasteiger partial charge in [-0.25, -0.2) is 0 Å². The van der Waals surface area contributed by atoms with Crippen LogP contribution in [0.2, 0.25) is 0 Å². The summed E-state index contributed by atoms with van der Waals surface area (Å²) < 4.78 is 0. The molecule has 0 radical (unpaired) electrons. The van der Waals surface area contributed by atoms with E-state index in [0.717, 1.165) is 12.8 Å². The van der Waals surface area contributed by atoms with Crippen LogP contribution < -0.4 is 11.5 Å². The molecule has 2 nitrogen and oxygen atoms in total. The van der Waals surface area contributed by atoms with E-state index in [2.05, 4.69) is 0 Å². The monoisotopic (exact) mass is 176 g/mol. The average molecular weight is 176 g/mol. The van der Waals surface area contributed by atoms with Gasteiger partial charge in [0, 0.05) is 14.9 Å². The number of nitrogens with two attached hydrogens (primary N) is 2. The van der Waals surface area contributed by atoms with Gasteiger partial charge in [-0.2, -0.15) is 0 Å². The quantitative estimate of drug-likeness (QED) is 0.603. The van der Waals surface area contributed by atoms with Crippen LogP contribution in [0.1, 0.15) is 55.2 Å². The first-order chi connectivity index (χ1) is 5.77. The first kappa shape index (κ1) is 11.9. The van der Waals surface area contributed by atoms with Crippen molar-refractivity contribution in [2.24, 2.45) is 11.5 Å². The van der Waals surface area contributed by atoms with Crippen molar-refractivity contribution in [1.29, 1.82) is 0 Å². The van der Waals surface area contributed by atoms with Crippen molar-refractivity contribution >= 4 is 0 Å². The molecule has 1 fully saturated rings. The first-order valence-electron chi connectivity index (χ1n) is 5.26. The van der Waals surface area contributed by atoms with Gasteiger partial charge in [0.15, 0.2) is 0 Å². The van der Waals surface area contributed by atoms with Gasteiger partial charge in [-0.1, -0.05) is 39.5 Å². The van der Waals surface area contributed by atoms with Gasteiger partial charge in [0.2, 0.25) is 0 Å². The Hall–Kier alpha value is -0.0800. The Labute approximate surface area is 79.7 Å². The molecule has 0 aliphatic heterocycles. The molecule has 0 bridgehead atoms. The van der Waals surface area contributed by atoms with E-state index >= 15 is 0 Å². The van der Waals surface area contributed by atoms with E-state index in [4.69, 9.17) is 11.5 Å². The van der Waals surface area contributed by atoms with Gasteiger partial charge in [0.1, 0.15) is 0 Å². The highest BCUT2D eigenvalue weighted by Gasteiger charge is 2.23. The van der Waals surface area contributed by atoms with E-state index in [1.54, 1.807) is 0 Å². The summed E-state index contributed by atoms with van der Waals surface area (Å²) in [5.74, 6) is 0. The smallest absolute Gasteiger partial charge is 0.0278 e. The van der Waals surface area contributed by atoms with Gasteiger partial charge in [0.05, 0.1) is 0 Å². The summed E-state index contributed by atoms with van der Waals surface area (Å²) in [5, 5.41) is 0. The van der Waals surface area contributed by atoms with Crippen molar-refractivity contribution in [1.82, 2.24) is 0 Å². The molecule has 1 aliphatic rings. The Morgan fingerprint density at radius 2 is 1.50 bits per heavy atom. The molecular formula is C10H28N2. The fourth-order valence-corrected chi connectivity index (χ4v) is 1.64. The summed E-state index contributed by atoms with van der Waals surface area (Å²) in [6.07, 6.45) is 7.49. The highest BCUT2D eigenvalue weighted by molar-refractivity contribution is 4.86. The van der Waals surface area contributed by atoms with Gasteiger partial charge in [-0.15, -0.1) is 0 Å². The summed E-state index contributed by atoms with van der Waals surface area (Å²) in [7, 11) is 0. The molecule has 2 heteroatoms. The molecule has 0 unspecified atom stereocenters. The molecular weight excluding hydrogens is 148 g/mol. The van der Waals surface area contributed by atoms with Crippen molar-refractivity contribution in [2.45, 2.75) is 57.9 Å². The summed E-state index contributed by atoms with van der Waals surface area (Å²) in [5.41, 5.74) is 11.6. The maximum atomic E-state index is 6.03. The van der Waals surface area contributed by atoms with E-state index in [1.165, 1.54) is 25.7 Å². The first-order valence-corrected chi connectivity index (χ1v) is 5.26. The molecule has 0 spiro atoms. The van der Waals surface area contributed by atoms with Crippen molar-refractivity contribution in [3.63, 3.8) is 0 Å². The lowest BCUT2D eigenvalue weighted by Gasteiger charge is -2.25. The molecule has 78 valence electrons. The van der Waals surface area contributed by atoms with Gasteiger partial charge < -0.3 is 11.5 Å². The molecule has 0 saturated heterocycles. The second-order valence-electron chi connectivity index (χ2n) is 3.48. The Morgan fingerprint density at radius 3 is 1.83 bits per heavy atom. The van der Waals surface area contributed by atoms with Crippen LogP contribution in [0.5, 0.6) is 0 Å². The highest BCUT2D eigenvalue weighted by Crippen LogP contribution is 2.23. The van der Waals surface area contributed by atoms with Crippen LogP contribution in [-0.2, 0) is 0 Å². The molecule has 1 saturated carbocycles. The predicted molar refractivity (Wildman–Crippen MR) is 59.3 cm³/mol. The topological polar surface area (TPSA) is 52.0 Å². The summed E-state index contributed by atoms with van der Waals surface area (Å²) in [6.45, 7) is 4.66. The zero-order chi connectivity index (χ0) is 9.45. The van der Waals surface area contributed by atoms with Gasteiger partial charge >= 0.3 is 0 Å². The predicted octanol–water partition coefficient (Wildman–Crippen LogP) is 2.52. The van der Waals surface area contributed by atoms with E-state index in [-0.39, 0.29) is 8.39 Å². The number of hydrogen-bond donors (Lipinski definition) is 2. The summed E-state index contributed by atoms with van der Waals surface area (Å²) in [4.78, 5) is 0. The van der Waals surface area contributed by atoms with Gasteiger partial charge in [-0.05, 0) is 12.8 Å². The molecule has 0 aromatic heterocycles. The van der Waals surface area contributed by atoms with Crippen LogP contribution in [-0.4, -0.2) is 12.1 Å². The normalized spacial score (nSPS) is 22.0. The van der Waals surface area contributed by atoms with Gasteiger partial charge in [-0.3, -0.25) is 0 Å². The number of rotatable bonds is 1. The standard InChI is InChI=1S/C8H18N2.C2H6.2H2/c9-7-8(10)5-3-1-2-4-6-8;1-2;;/h1-7,9-10H2;1-2H3;2*1H. The minimum absolute atomic E-state index is 0. The zero-order valence-electron chi connectivity index (χ0n) is 8.60. The molecule has 0 aromatic rings. The Kier molecular flexibility index (Phi) is 6.39. The van der Waals surface area contributed by atoms with Crippen LogP contribution >= 0.6 is 0 Å². The van der Waals surface area contributed by atoms with Crippen LogP contribution in [0.25, 0.3) is 0 Å². The third-order valence-corrected chi connectivity index (χ3v) is 2.51. The maximum absolute atomic E-state index is 6.03. The third-order valence-electron chi connectivity index (χ3n) is 2.51. The van der Waals surface area contributed by atoms with Crippen LogP contribution in [0.15, 0.2) is 0 Å².